The average molecular weight is 338 g/mol. The molecule has 1 aliphatic rings. The van der Waals surface area contributed by atoms with Gasteiger partial charge in [0.15, 0.2) is 11.5 Å². The maximum absolute atomic E-state index is 12.5. The Morgan fingerprint density at radius 2 is 2.28 bits per heavy atom. The Kier molecular flexibility index (Phi) is 4.19. The van der Waals surface area contributed by atoms with Gasteiger partial charge in [-0.2, -0.15) is 0 Å². The van der Waals surface area contributed by atoms with Gasteiger partial charge in [-0.25, -0.2) is 0 Å². The summed E-state index contributed by atoms with van der Waals surface area (Å²) < 4.78 is 1.40. The standard InChI is InChI=1S/C16H18N8O/c25-16(18-10-12-3-1-7-17-9-12)13-4-2-8-23(11-13)15-6-5-14-19-21-22-24(14)20-15/h1,3,5-7,9,13H,2,4,8,10-11H2,(H,18,25). The molecule has 0 aromatic carbocycles. The number of piperidine rings is 1. The Bertz CT molecular complexity index is 865. The van der Waals surface area contributed by atoms with Crippen molar-refractivity contribution in [2.45, 2.75) is 19.4 Å². The topological polar surface area (TPSA) is 101 Å². The summed E-state index contributed by atoms with van der Waals surface area (Å²) in [6.45, 7) is 2.00. The third-order valence-electron chi connectivity index (χ3n) is 4.36. The van der Waals surface area contributed by atoms with Crippen LogP contribution in [0.1, 0.15) is 18.4 Å². The Morgan fingerprint density at radius 3 is 3.16 bits per heavy atom. The van der Waals surface area contributed by atoms with Gasteiger partial charge in [-0.3, -0.25) is 9.78 Å². The lowest BCUT2D eigenvalue weighted by molar-refractivity contribution is -0.125. The molecule has 1 aliphatic heterocycles. The minimum Gasteiger partial charge on any atom is -0.354 e. The molecule has 0 aliphatic carbocycles. The summed E-state index contributed by atoms with van der Waals surface area (Å²) in [6.07, 6.45) is 5.31. The van der Waals surface area contributed by atoms with Crippen molar-refractivity contribution in [3.8, 4) is 0 Å². The van der Waals surface area contributed by atoms with Gasteiger partial charge in [-0.15, -0.1) is 14.8 Å². The lowest BCUT2D eigenvalue weighted by atomic mass is 9.97. The van der Waals surface area contributed by atoms with Crippen LogP contribution in [0.3, 0.4) is 0 Å². The first-order chi connectivity index (χ1) is 12.3. The van der Waals surface area contributed by atoms with E-state index < -0.39 is 0 Å². The monoisotopic (exact) mass is 338 g/mol. The Morgan fingerprint density at radius 1 is 1.32 bits per heavy atom. The summed E-state index contributed by atoms with van der Waals surface area (Å²) in [5.74, 6) is 0.790. The molecule has 9 nitrogen and oxygen atoms in total. The third-order valence-corrected chi connectivity index (χ3v) is 4.36. The quantitative estimate of drug-likeness (QED) is 0.737. The molecular weight excluding hydrogens is 320 g/mol. The number of nitrogens with one attached hydrogen (secondary N) is 1. The molecule has 4 heterocycles. The molecule has 0 radical (unpaired) electrons. The second-order valence-corrected chi connectivity index (χ2v) is 6.08. The predicted octanol–water partition coefficient (Wildman–Crippen LogP) is 0.447. The van der Waals surface area contributed by atoms with Crippen molar-refractivity contribution < 1.29 is 4.79 Å². The summed E-state index contributed by atoms with van der Waals surface area (Å²) in [7, 11) is 0. The van der Waals surface area contributed by atoms with Crippen LogP contribution in [-0.2, 0) is 11.3 Å². The fourth-order valence-electron chi connectivity index (χ4n) is 3.04. The summed E-state index contributed by atoms with van der Waals surface area (Å²) in [5, 5.41) is 18.7. The molecule has 1 amide bonds. The molecule has 0 saturated carbocycles. The molecule has 1 atom stereocenters. The van der Waals surface area contributed by atoms with Gasteiger partial charge in [0.05, 0.1) is 5.92 Å². The molecule has 0 bridgehead atoms. The minimum atomic E-state index is -0.0585. The van der Waals surface area contributed by atoms with E-state index in [0.29, 0.717) is 18.7 Å². The van der Waals surface area contributed by atoms with Crippen LogP contribution in [0.2, 0.25) is 0 Å². The van der Waals surface area contributed by atoms with Crippen LogP contribution >= 0.6 is 0 Å². The van der Waals surface area contributed by atoms with Crippen molar-refractivity contribution >= 4 is 17.4 Å². The highest BCUT2D eigenvalue weighted by atomic mass is 16.1. The van der Waals surface area contributed by atoms with Gasteiger partial charge in [0.25, 0.3) is 0 Å². The van der Waals surface area contributed by atoms with Crippen LogP contribution in [0.25, 0.3) is 5.65 Å². The number of aromatic nitrogens is 6. The maximum atomic E-state index is 12.5. The number of carbonyl (C=O) groups is 1. The number of tetrazole rings is 1. The second-order valence-electron chi connectivity index (χ2n) is 6.08. The van der Waals surface area contributed by atoms with E-state index in [-0.39, 0.29) is 11.8 Å². The van der Waals surface area contributed by atoms with E-state index >= 15 is 0 Å². The van der Waals surface area contributed by atoms with E-state index in [0.717, 1.165) is 30.8 Å². The van der Waals surface area contributed by atoms with Crippen LogP contribution < -0.4 is 10.2 Å². The molecule has 25 heavy (non-hydrogen) atoms. The van der Waals surface area contributed by atoms with Gasteiger partial charge in [-0.1, -0.05) is 6.07 Å². The van der Waals surface area contributed by atoms with Gasteiger partial charge < -0.3 is 10.2 Å². The van der Waals surface area contributed by atoms with Crippen molar-refractivity contribution in [2.24, 2.45) is 5.92 Å². The number of nitrogens with zero attached hydrogens (tertiary/aromatic N) is 7. The molecular formula is C16H18N8O. The van der Waals surface area contributed by atoms with E-state index in [1.165, 1.54) is 4.63 Å². The van der Waals surface area contributed by atoms with Crippen molar-refractivity contribution in [2.75, 3.05) is 18.0 Å². The predicted molar refractivity (Wildman–Crippen MR) is 89.6 cm³/mol. The summed E-state index contributed by atoms with van der Waals surface area (Å²) in [6, 6.07) is 7.53. The van der Waals surface area contributed by atoms with Gasteiger partial charge in [-0.05, 0) is 47.0 Å². The SMILES string of the molecule is O=C(NCc1cccnc1)C1CCCN(c2ccc3nnnn3n2)C1. The summed E-state index contributed by atoms with van der Waals surface area (Å²) in [5.41, 5.74) is 1.60. The number of hydrogen-bond acceptors (Lipinski definition) is 7. The smallest absolute Gasteiger partial charge is 0.225 e. The third kappa shape index (κ3) is 3.39. The zero-order valence-electron chi connectivity index (χ0n) is 13.6. The lowest BCUT2D eigenvalue weighted by Crippen LogP contribution is -2.43. The highest BCUT2D eigenvalue weighted by molar-refractivity contribution is 5.79. The zero-order chi connectivity index (χ0) is 17.1. The average Bonchev–Trinajstić information content (AvgIpc) is 3.15. The van der Waals surface area contributed by atoms with Gasteiger partial charge in [0.1, 0.15) is 0 Å². The Labute approximate surface area is 144 Å². The molecule has 9 heteroatoms. The number of hydrogen-bond donors (Lipinski definition) is 1. The van der Waals surface area contributed by atoms with E-state index in [1.54, 1.807) is 12.4 Å². The number of pyridine rings is 1. The van der Waals surface area contributed by atoms with Crippen molar-refractivity contribution in [1.82, 2.24) is 35.6 Å². The zero-order valence-corrected chi connectivity index (χ0v) is 13.6. The van der Waals surface area contributed by atoms with E-state index in [9.17, 15) is 4.79 Å². The Balaban J connectivity index is 1.40. The largest absolute Gasteiger partial charge is 0.354 e. The lowest BCUT2D eigenvalue weighted by Gasteiger charge is -2.32. The highest BCUT2D eigenvalue weighted by Crippen LogP contribution is 2.21. The van der Waals surface area contributed by atoms with Crippen molar-refractivity contribution in [3.63, 3.8) is 0 Å². The minimum absolute atomic E-state index is 0.0585. The fraction of sp³-hybridized carbons (Fsp3) is 0.375. The first kappa shape index (κ1) is 15.4. The first-order valence-electron chi connectivity index (χ1n) is 8.26. The highest BCUT2D eigenvalue weighted by Gasteiger charge is 2.26. The second kappa shape index (κ2) is 6.80. The molecule has 3 aromatic heterocycles. The number of fused-ring (bicyclic) bond motifs is 1. The van der Waals surface area contributed by atoms with Gasteiger partial charge >= 0.3 is 0 Å². The first-order valence-corrected chi connectivity index (χ1v) is 8.26. The number of anilines is 1. The van der Waals surface area contributed by atoms with E-state index in [1.807, 2.05) is 24.3 Å². The molecule has 0 spiro atoms. The summed E-state index contributed by atoms with van der Waals surface area (Å²) in [4.78, 5) is 18.7. The van der Waals surface area contributed by atoms with Crippen LogP contribution in [0.5, 0.6) is 0 Å². The molecule has 1 saturated heterocycles. The maximum Gasteiger partial charge on any atom is 0.225 e. The van der Waals surface area contributed by atoms with Gasteiger partial charge in [0.2, 0.25) is 5.91 Å². The number of rotatable bonds is 4. The van der Waals surface area contributed by atoms with Crippen LogP contribution in [0.4, 0.5) is 5.82 Å². The summed E-state index contributed by atoms with van der Waals surface area (Å²) >= 11 is 0. The van der Waals surface area contributed by atoms with Crippen LogP contribution in [0.15, 0.2) is 36.7 Å². The molecule has 1 N–H and O–H groups in total. The number of amides is 1. The van der Waals surface area contributed by atoms with Crippen molar-refractivity contribution in [1.29, 1.82) is 0 Å². The molecule has 4 rings (SSSR count). The van der Waals surface area contributed by atoms with E-state index in [4.69, 9.17) is 0 Å². The molecule has 3 aromatic rings. The molecule has 1 fully saturated rings. The molecule has 128 valence electrons. The van der Waals surface area contributed by atoms with Crippen LogP contribution in [0, 0.1) is 5.92 Å². The normalized spacial score (nSPS) is 17.6. The van der Waals surface area contributed by atoms with Crippen molar-refractivity contribution in [3.05, 3.63) is 42.2 Å². The number of carbonyl (C=O) groups excluding carboxylic acids is 1. The fourth-order valence-corrected chi connectivity index (χ4v) is 3.04. The van der Waals surface area contributed by atoms with Gasteiger partial charge in [0, 0.05) is 32.0 Å². The molecule has 1 unspecified atom stereocenters. The van der Waals surface area contributed by atoms with E-state index in [2.05, 4.69) is 35.8 Å². The van der Waals surface area contributed by atoms with Crippen LogP contribution in [-0.4, -0.2) is 49.2 Å². The Hall–Kier alpha value is -3.10.